The van der Waals surface area contributed by atoms with Crippen molar-refractivity contribution >= 4 is 11.9 Å². The fourth-order valence-corrected chi connectivity index (χ4v) is 3.34. The number of carbonyl (C=O) groups is 2. The van der Waals surface area contributed by atoms with E-state index < -0.39 is 12.0 Å². The van der Waals surface area contributed by atoms with Crippen LogP contribution in [-0.4, -0.2) is 54.7 Å². The molecule has 0 radical (unpaired) electrons. The van der Waals surface area contributed by atoms with Crippen LogP contribution in [0.1, 0.15) is 25.3 Å². The molecule has 2 bridgehead atoms. The number of nitrogens with one attached hydrogen (secondary N) is 1. The molecule has 0 aliphatic carbocycles. The highest BCUT2D eigenvalue weighted by atomic mass is 16.5. The zero-order valence-corrected chi connectivity index (χ0v) is 13.9. The number of ether oxygens (including phenoxy) is 2. The average Bonchev–Trinajstić information content (AvgIpc) is 2.81. The molecular formula is C18H24N2O4. The summed E-state index contributed by atoms with van der Waals surface area (Å²) in [7, 11) is 0. The molecule has 1 N–H and O–H groups in total. The van der Waals surface area contributed by atoms with Crippen molar-refractivity contribution in [3.05, 3.63) is 35.9 Å². The van der Waals surface area contributed by atoms with Gasteiger partial charge in [-0.15, -0.1) is 0 Å². The SMILES string of the molecule is C[C@H](NC(=O)CN1C2CCC1COC2)C(=O)OCc1ccccc1. The molecule has 3 rings (SSSR count). The maximum atomic E-state index is 12.2. The topological polar surface area (TPSA) is 67.9 Å². The maximum Gasteiger partial charge on any atom is 0.328 e. The van der Waals surface area contributed by atoms with E-state index in [0.29, 0.717) is 31.8 Å². The minimum atomic E-state index is -0.653. The molecule has 2 heterocycles. The molecule has 2 unspecified atom stereocenters. The summed E-state index contributed by atoms with van der Waals surface area (Å²) in [6, 6.07) is 9.49. The van der Waals surface area contributed by atoms with Crippen molar-refractivity contribution in [1.82, 2.24) is 10.2 Å². The van der Waals surface area contributed by atoms with E-state index in [2.05, 4.69) is 10.2 Å². The molecule has 130 valence electrons. The summed E-state index contributed by atoms with van der Waals surface area (Å²) in [6.07, 6.45) is 2.15. The molecule has 0 aromatic heterocycles. The molecule has 1 aromatic rings. The molecule has 24 heavy (non-hydrogen) atoms. The number of benzene rings is 1. The van der Waals surface area contributed by atoms with Gasteiger partial charge in [-0.05, 0) is 25.3 Å². The minimum absolute atomic E-state index is 0.141. The molecule has 2 aliphatic heterocycles. The first kappa shape index (κ1) is 16.9. The van der Waals surface area contributed by atoms with Gasteiger partial charge >= 0.3 is 5.97 Å². The summed E-state index contributed by atoms with van der Waals surface area (Å²) < 4.78 is 10.8. The second-order valence-electron chi connectivity index (χ2n) is 6.48. The fourth-order valence-electron chi connectivity index (χ4n) is 3.34. The van der Waals surface area contributed by atoms with Gasteiger partial charge in [0.2, 0.25) is 5.91 Å². The average molecular weight is 332 g/mol. The first-order valence-electron chi connectivity index (χ1n) is 8.47. The van der Waals surface area contributed by atoms with Crippen molar-refractivity contribution in [2.75, 3.05) is 19.8 Å². The third kappa shape index (κ3) is 4.13. The number of amides is 1. The smallest absolute Gasteiger partial charge is 0.328 e. The summed E-state index contributed by atoms with van der Waals surface area (Å²) in [5.41, 5.74) is 0.925. The van der Waals surface area contributed by atoms with Gasteiger partial charge in [0.25, 0.3) is 0 Å². The molecule has 1 amide bonds. The Morgan fingerprint density at radius 3 is 2.58 bits per heavy atom. The van der Waals surface area contributed by atoms with Gasteiger partial charge in [0.05, 0.1) is 19.8 Å². The van der Waals surface area contributed by atoms with Crippen LogP contribution in [0.5, 0.6) is 0 Å². The first-order valence-corrected chi connectivity index (χ1v) is 8.47. The Bertz CT molecular complexity index is 562. The summed E-state index contributed by atoms with van der Waals surface area (Å²) in [6.45, 7) is 3.57. The number of fused-ring (bicyclic) bond motifs is 2. The Kier molecular flexibility index (Phi) is 5.48. The Balaban J connectivity index is 1.43. The number of hydrogen-bond donors (Lipinski definition) is 1. The lowest BCUT2D eigenvalue weighted by Crippen LogP contribution is -2.51. The number of rotatable bonds is 6. The number of carbonyl (C=O) groups excluding carboxylic acids is 2. The van der Waals surface area contributed by atoms with Crippen LogP contribution < -0.4 is 5.32 Å². The number of esters is 1. The highest BCUT2D eigenvalue weighted by molar-refractivity contribution is 5.85. The second-order valence-corrected chi connectivity index (χ2v) is 6.48. The highest BCUT2D eigenvalue weighted by Gasteiger charge is 2.38. The number of morpholine rings is 1. The van der Waals surface area contributed by atoms with Gasteiger partial charge in [-0.25, -0.2) is 4.79 Å². The van der Waals surface area contributed by atoms with Crippen molar-refractivity contribution in [2.45, 2.75) is 44.5 Å². The van der Waals surface area contributed by atoms with Crippen LogP contribution >= 0.6 is 0 Å². The Morgan fingerprint density at radius 1 is 1.25 bits per heavy atom. The van der Waals surface area contributed by atoms with E-state index in [4.69, 9.17) is 9.47 Å². The van der Waals surface area contributed by atoms with E-state index in [0.717, 1.165) is 18.4 Å². The molecule has 0 spiro atoms. The van der Waals surface area contributed by atoms with E-state index in [-0.39, 0.29) is 12.5 Å². The van der Waals surface area contributed by atoms with Crippen LogP contribution in [-0.2, 0) is 25.7 Å². The van der Waals surface area contributed by atoms with Crippen LogP contribution in [0.25, 0.3) is 0 Å². The summed E-state index contributed by atoms with van der Waals surface area (Å²) >= 11 is 0. The van der Waals surface area contributed by atoms with Crippen molar-refractivity contribution in [1.29, 1.82) is 0 Å². The minimum Gasteiger partial charge on any atom is -0.459 e. The van der Waals surface area contributed by atoms with Gasteiger partial charge in [-0.1, -0.05) is 30.3 Å². The molecule has 2 saturated heterocycles. The molecule has 6 nitrogen and oxygen atoms in total. The van der Waals surface area contributed by atoms with Crippen LogP contribution in [0, 0.1) is 0 Å². The fraction of sp³-hybridized carbons (Fsp3) is 0.556. The Hall–Kier alpha value is -1.92. The van der Waals surface area contributed by atoms with Gasteiger partial charge < -0.3 is 14.8 Å². The van der Waals surface area contributed by atoms with Crippen molar-refractivity contribution < 1.29 is 19.1 Å². The van der Waals surface area contributed by atoms with E-state index in [1.165, 1.54) is 0 Å². The predicted octanol–water partition coefficient (Wildman–Crippen LogP) is 1.10. The molecule has 1 aromatic carbocycles. The Morgan fingerprint density at radius 2 is 1.92 bits per heavy atom. The lowest BCUT2D eigenvalue weighted by molar-refractivity contribution is -0.149. The lowest BCUT2D eigenvalue weighted by Gasteiger charge is -2.34. The summed E-state index contributed by atoms with van der Waals surface area (Å²) in [5, 5.41) is 2.74. The summed E-state index contributed by atoms with van der Waals surface area (Å²) in [4.78, 5) is 26.4. The zero-order chi connectivity index (χ0) is 16.9. The highest BCUT2D eigenvalue weighted by Crippen LogP contribution is 2.28. The maximum absolute atomic E-state index is 12.2. The van der Waals surface area contributed by atoms with Crippen LogP contribution in [0.15, 0.2) is 30.3 Å². The van der Waals surface area contributed by atoms with Gasteiger partial charge in [0, 0.05) is 12.1 Å². The van der Waals surface area contributed by atoms with Gasteiger partial charge in [-0.3, -0.25) is 9.69 Å². The van der Waals surface area contributed by atoms with Gasteiger partial charge in [0.15, 0.2) is 0 Å². The van der Waals surface area contributed by atoms with E-state index in [1.54, 1.807) is 6.92 Å². The first-order chi connectivity index (χ1) is 11.6. The molecule has 2 fully saturated rings. The van der Waals surface area contributed by atoms with E-state index >= 15 is 0 Å². The molecule has 6 heteroatoms. The molecular weight excluding hydrogens is 308 g/mol. The van der Waals surface area contributed by atoms with E-state index in [1.807, 2.05) is 30.3 Å². The molecule has 3 atom stereocenters. The van der Waals surface area contributed by atoms with Gasteiger partial charge in [0.1, 0.15) is 12.6 Å². The van der Waals surface area contributed by atoms with E-state index in [9.17, 15) is 9.59 Å². The second kappa shape index (κ2) is 7.77. The quantitative estimate of drug-likeness (QED) is 0.790. The Labute approximate surface area is 142 Å². The molecule has 2 aliphatic rings. The normalized spacial score (nSPS) is 24.4. The number of nitrogens with zero attached hydrogens (tertiary/aromatic N) is 1. The van der Waals surface area contributed by atoms with Crippen LogP contribution in [0.2, 0.25) is 0 Å². The van der Waals surface area contributed by atoms with Crippen molar-refractivity contribution in [3.8, 4) is 0 Å². The van der Waals surface area contributed by atoms with Crippen molar-refractivity contribution in [2.24, 2.45) is 0 Å². The van der Waals surface area contributed by atoms with Gasteiger partial charge in [-0.2, -0.15) is 0 Å². The summed E-state index contributed by atoms with van der Waals surface area (Å²) in [5.74, 6) is -0.560. The molecule has 0 saturated carbocycles. The predicted molar refractivity (Wildman–Crippen MR) is 88.2 cm³/mol. The van der Waals surface area contributed by atoms with Crippen molar-refractivity contribution in [3.63, 3.8) is 0 Å². The largest absolute Gasteiger partial charge is 0.459 e. The van der Waals surface area contributed by atoms with Crippen LogP contribution in [0.3, 0.4) is 0 Å². The third-order valence-electron chi connectivity index (χ3n) is 4.67. The third-order valence-corrected chi connectivity index (χ3v) is 4.67. The number of hydrogen-bond acceptors (Lipinski definition) is 5. The lowest BCUT2D eigenvalue weighted by atomic mass is 10.2. The zero-order valence-electron chi connectivity index (χ0n) is 13.9. The standard InChI is InChI=1S/C18H24N2O4/c1-13(18(22)24-10-14-5-3-2-4-6-14)19-17(21)9-20-15-7-8-16(20)12-23-11-15/h2-6,13,15-16H,7-12H2,1H3,(H,19,21)/t13-,15?,16?/m0/s1. The van der Waals surface area contributed by atoms with Crippen LogP contribution in [0.4, 0.5) is 0 Å². The monoisotopic (exact) mass is 332 g/mol.